The van der Waals surface area contributed by atoms with Crippen LogP contribution in [0, 0.1) is 13.8 Å². The Morgan fingerprint density at radius 3 is 2.77 bits per heavy atom. The molecule has 0 radical (unpaired) electrons. The molecule has 3 heterocycles. The molecule has 1 amide bonds. The lowest BCUT2D eigenvalue weighted by atomic mass is 10.4. The van der Waals surface area contributed by atoms with Crippen molar-refractivity contribution in [2.75, 3.05) is 5.32 Å². The first-order valence-corrected chi connectivity index (χ1v) is 6.88. The first-order chi connectivity index (χ1) is 10.6. The summed E-state index contributed by atoms with van der Waals surface area (Å²) in [4.78, 5) is 20.5. The Hall–Kier alpha value is -2.96. The minimum atomic E-state index is -0.144. The van der Waals surface area contributed by atoms with Gasteiger partial charge in [-0.2, -0.15) is 9.78 Å². The van der Waals surface area contributed by atoms with E-state index in [2.05, 4.69) is 20.4 Å². The van der Waals surface area contributed by atoms with Gasteiger partial charge in [-0.1, -0.05) is 6.07 Å². The third-order valence-electron chi connectivity index (χ3n) is 3.05. The molecule has 22 heavy (non-hydrogen) atoms. The molecule has 3 rings (SSSR count). The maximum atomic E-state index is 12.2. The van der Waals surface area contributed by atoms with Gasteiger partial charge in [0, 0.05) is 18.5 Å². The van der Waals surface area contributed by atoms with Crippen molar-refractivity contribution in [2.24, 2.45) is 0 Å². The lowest BCUT2D eigenvalue weighted by Gasteiger charge is -2.08. The number of hydrogen-bond donors (Lipinski definition) is 1. The summed E-state index contributed by atoms with van der Waals surface area (Å²) in [6.07, 6.45) is 5.14. The van der Waals surface area contributed by atoms with Gasteiger partial charge >= 0.3 is 0 Å². The van der Waals surface area contributed by atoms with E-state index in [9.17, 15) is 4.79 Å². The van der Waals surface area contributed by atoms with E-state index in [-0.39, 0.29) is 12.5 Å². The molecule has 7 heteroatoms. The van der Waals surface area contributed by atoms with E-state index in [1.807, 2.05) is 44.3 Å². The van der Waals surface area contributed by atoms with Crippen LogP contribution in [0.5, 0.6) is 0 Å². The summed E-state index contributed by atoms with van der Waals surface area (Å²) in [5.41, 5.74) is 1.68. The first kappa shape index (κ1) is 14.0. The number of hydrogen-bond acceptors (Lipinski definition) is 4. The highest BCUT2D eigenvalue weighted by atomic mass is 16.2. The Morgan fingerprint density at radius 2 is 2.09 bits per heavy atom. The number of anilines is 1. The fourth-order valence-corrected chi connectivity index (χ4v) is 2.15. The van der Waals surface area contributed by atoms with Crippen molar-refractivity contribution in [3.8, 4) is 5.82 Å². The predicted octanol–water partition coefficient (Wildman–Crippen LogP) is 1.72. The van der Waals surface area contributed by atoms with Crippen LogP contribution in [0.2, 0.25) is 0 Å². The molecular weight excluding hydrogens is 280 g/mol. The lowest BCUT2D eigenvalue weighted by Crippen LogP contribution is -2.20. The molecular formula is C15H16N6O. The summed E-state index contributed by atoms with van der Waals surface area (Å²) < 4.78 is 3.35. The molecule has 1 N–H and O–H groups in total. The van der Waals surface area contributed by atoms with Crippen molar-refractivity contribution in [3.63, 3.8) is 0 Å². The van der Waals surface area contributed by atoms with Gasteiger partial charge in [-0.15, -0.1) is 0 Å². The van der Waals surface area contributed by atoms with Gasteiger partial charge in [0.2, 0.25) is 5.91 Å². The summed E-state index contributed by atoms with van der Waals surface area (Å²) >= 11 is 0. The number of aryl methyl sites for hydroxylation is 2. The van der Waals surface area contributed by atoms with Gasteiger partial charge in [0.25, 0.3) is 0 Å². The topological polar surface area (TPSA) is 77.6 Å². The molecule has 0 aliphatic rings. The Bertz CT molecular complexity index is 789. The average Bonchev–Trinajstić information content (AvgIpc) is 3.06. The summed E-state index contributed by atoms with van der Waals surface area (Å²) in [6.45, 7) is 3.95. The average molecular weight is 296 g/mol. The molecule has 0 spiro atoms. The van der Waals surface area contributed by atoms with Gasteiger partial charge < -0.3 is 9.88 Å². The van der Waals surface area contributed by atoms with Crippen LogP contribution in [-0.2, 0) is 11.3 Å². The standard InChI is InChI=1S/C15H16N6O/c1-11-7-14(21(19-11)13-5-3-4-6-16-13)18-15(22)9-20-8-12(2)17-10-20/h3-8,10H,9H2,1-2H3,(H,18,22). The number of nitrogens with one attached hydrogen (secondary N) is 1. The van der Waals surface area contributed by atoms with Gasteiger partial charge in [-0.05, 0) is 26.0 Å². The summed E-state index contributed by atoms with van der Waals surface area (Å²) in [5.74, 6) is 1.11. The van der Waals surface area contributed by atoms with Crippen molar-refractivity contribution in [1.29, 1.82) is 0 Å². The van der Waals surface area contributed by atoms with E-state index in [4.69, 9.17) is 0 Å². The van der Waals surface area contributed by atoms with Gasteiger partial charge in [-0.3, -0.25) is 4.79 Å². The van der Waals surface area contributed by atoms with E-state index in [1.165, 1.54) is 0 Å². The minimum absolute atomic E-state index is 0.144. The lowest BCUT2D eigenvalue weighted by molar-refractivity contribution is -0.116. The van der Waals surface area contributed by atoms with Crippen LogP contribution >= 0.6 is 0 Å². The monoisotopic (exact) mass is 296 g/mol. The molecule has 112 valence electrons. The summed E-state index contributed by atoms with van der Waals surface area (Å²) in [5, 5.41) is 7.23. The van der Waals surface area contributed by atoms with Crippen molar-refractivity contribution < 1.29 is 4.79 Å². The SMILES string of the molecule is Cc1cn(CC(=O)Nc2cc(C)nn2-c2ccccn2)cn1. The zero-order valence-corrected chi connectivity index (χ0v) is 12.4. The zero-order valence-electron chi connectivity index (χ0n) is 12.4. The normalized spacial score (nSPS) is 10.6. The highest BCUT2D eigenvalue weighted by Crippen LogP contribution is 2.15. The van der Waals surface area contributed by atoms with Crippen LogP contribution in [0.3, 0.4) is 0 Å². The number of carbonyl (C=O) groups is 1. The quantitative estimate of drug-likeness (QED) is 0.795. The molecule has 0 fully saturated rings. The van der Waals surface area contributed by atoms with Crippen LogP contribution in [-0.4, -0.2) is 30.2 Å². The molecule has 0 aliphatic heterocycles. The molecule has 0 aliphatic carbocycles. The van der Waals surface area contributed by atoms with E-state index in [0.717, 1.165) is 11.4 Å². The molecule has 7 nitrogen and oxygen atoms in total. The predicted molar refractivity (Wildman–Crippen MR) is 81.7 cm³/mol. The molecule has 0 unspecified atom stereocenters. The van der Waals surface area contributed by atoms with Crippen molar-refractivity contribution in [1.82, 2.24) is 24.3 Å². The molecule has 0 atom stereocenters. The van der Waals surface area contributed by atoms with E-state index >= 15 is 0 Å². The minimum Gasteiger partial charge on any atom is -0.328 e. The van der Waals surface area contributed by atoms with Gasteiger partial charge in [-0.25, -0.2) is 9.97 Å². The molecule has 0 saturated carbocycles. The maximum Gasteiger partial charge on any atom is 0.245 e. The Kier molecular flexibility index (Phi) is 3.69. The highest BCUT2D eigenvalue weighted by Gasteiger charge is 2.12. The van der Waals surface area contributed by atoms with Crippen LogP contribution in [0.1, 0.15) is 11.4 Å². The number of rotatable bonds is 4. The van der Waals surface area contributed by atoms with Crippen LogP contribution in [0.25, 0.3) is 5.82 Å². The largest absolute Gasteiger partial charge is 0.328 e. The smallest absolute Gasteiger partial charge is 0.245 e. The second-order valence-corrected chi connectivity index (χ2v) is 5.01. The summed E-state index contributed by atoms with van der Waals surface area (Å²) in [7, 11) is 0. The molecule has 0 bridgehead atoms. The Labute approximate surface area is 127 Å². The van der Waals surface area contributed by atoms with E-state index in [0.29, 0.717) is 11.6 Å². The first-order valence-electron chi connectivity index (χ1n) is 6.88. The second-order valence-electron chi connectivity index (χ2n) is 5.01. The molecule has 0 aromatic carbocycles. The Morgan fingerprint density at radius 1 is 1.23 bits per heavy atom. The van der Waals surface area contributed by atoms with Crippen molar-refractivity contribution >= 4 is 11.7 Å². The number of amides is 1. The number of nitrogens with zero attached hydrogens (tertiary/aromatic N) is 5. The summed E-state index contributed by atoms with van der Waals surface area (Å²) in [6, 6.07) is 7.35. The van der Waals surface area contributed by atoms with Crippen molar-refractivity contribution in [3.05, 3.63) is 54.4 Å². The fraction of sp³-hybridized carbons (Fsp3) is 0.200. The number of pyridine rings is 1. The molecule has 3 aromatic rings. The second kappa shape index (κ2) is 5.80. The van der Waals surface area contributed by atoms with Gasteiger partial charge in [0.15, 0.2) is 5.82 Å². The fourth-order valence-electron chi connectivity index (χ4n) is 2.15. The number of carbonyl (C=O) groups excluding carboxylic acids is 1. The number of imidazole rings is 1. The third-order valence-corrected chi connectivity index (χ3v) is 3.05. The van der Waals surface area contributed by atoms with Crippen LogP contribution < -0.4 is 5.32 Å². The van der Waals surface area contributed by atoms with Crippen LogP contribution in [0.15, 0.2) is 43.0 Å². The Balaban J connectivity index is 1.79. The van der Waals surface area contributed by atoms with E-state index < -0.39 is 0 Å². The van der Waals surface area contributed by atoms with Crippen molar-refractivity contribution in [2.45, 2.75) is 20.4 Å². The third kappa shape index (κ3) is 3.03. The number of aromatic nitrogens is 5. The maximum absolute atomic E-state index is 12.2. The highest BCUT2D eigenvalue weighted by molar-refractivity contribution is 5.90. The molecule has 0 saturated heterocycles. The van der Waals surface area contributed by atoms with Gasteiger partial charge in [0.1, 0.15) is 12.4 Å². The zero-order chi connectivity index (χ0) is 15.5. The van der Waals surface area contributed by atoms with Gasteiger partial charge in [0.05, 0.1) is 17.7 Å². The molecule has 3 aromatic heterocycles. The van der Waals surface area contributed by atoms with Crippen LogP contribution in [0.4, 0.5) is 5.82 Å². The van der Waals surface area contributed by atoms with E-state index in [1.54, 1.807) is 21.8 Å².